The van der Waals surface area contributed by atoms with E-state index in [-0.39, 0.29) is 12.7 Å². The molecule has 1 N–H and O–H groups in total. The Morgan fingerprint density at radius 1 is 1.56 bits per heavy atom. The van der Waals surface area contributed by atoms with Crippen molar-refractivity contribution < 1.29 is 9.84 Å². The van der Waals surface area contributed by atoms with Crippen molar-refractivity contribution in [1.29, 1.82) is 0 Å². The molecule has 2 nitrogen and oxygen atoms in total. The molecule has 0 aromatic heterocycles. The summed E-state index contributed by atoms with van der Waals surface area (Å²) < 4.78 is 5.40. The van der Waals surface area contributed by atoms with Gasteiger partial charge in [-0.3, -0.25) is 0 Å². The third kappa shape index (κ3) is 1.43. The van der Waals surface area contributed by atoms with E-state index in [4.69, 9.17) is 9.84 Å². The van der Waals surface area contributed by atoms with E-state index < -0.39 is 0 Å². The Morgan fingerprint density at radius 3 is 2.44 bits per heavy atom. The fraction of sp³-hybridized carbons (Fsp3) is 1.00. The summed E-state index contributed by atoms with van der Waals surface area (Å²) in [5, 5.41) is 8.77. The Balaban J connectivity index is 2.38. The van der Waals surface area contributed by atoms with Crippen molar-refractivity contribution in [2.45, 2.75) is 32.5 Å². The van der Waals surface area contributed by atoms with Crippen LogP contribution in [-0.4, -0.2) is 23.9 Å². The highest BCUT2D eigenvalue weighted by Gasteiger charge is 2.28. The van der Waals surface area contributed by atoms with Crippen LogP contribution in [0.5, 0.6) is 0 Å². The van der Waals surface area contributed by atoms with Crippen LogP contribution in [0, 0.1) is 5.92 Å². The summed E-state index contributed by atoms with van der Waals surface area (Å²) in [5.41, 5.74) is 0. The lowest BCUT2D eigenvalue weighted by Gasteiger charge is -2.08. The van der Waals surface area contributed by atoms with Crippen molar-refractivity contribution >= 4 is 0 Å². The molecule has 9 heavy (non-hydrogen) atoms. The van der Waals surface area contributed by atoms with Gasteiger partial charge in [0.25, 0.3) is 0 Å². The smallest absolute Gasteiger partial charge is 0.0601 e. The minimum absolute atomic E-state index is 0.255. The van der Waals surface area contributed by atoms with Crippen LogP contribution in [0.15, 0.2) is 0 Å². The first-order valence-corrected chi connectivity index (χ1v) is 3.50. The zero-order valence-electron chi connectivity index (χ0n) is 6.00. The summed E-state index contributed by atoms with van der Waals surface area (Å²) >= 11 is 0. The maximum Gasteiger partial charge on any atom is 0.0601 e. The van der Waals surface area contributed by atoms with E-state index in [1.807, 2.05) is 13.8 Å². The Morgan fingerprint density at radius 2 is 2.22 bits per heavy atom. The molecule has 54 valence electrons. The second-order valence-corrected chi connectivity index (χ2v) is 2.83. The minimum Gasteiger partial charge on any atom is -0.396 e. The van der Waals surface area contributed by atoms with Gasteiger partial charge < -0.3 is 9.84 Å². The van der Waals surface area contributed by atoms with Crippen LogP contribution in [0.2, 0.25) is 0 Å². The normalized spacial score (nSPS) is 43.7. The lowest BCUT2D eigenvalue weighted by Crippen LogP contribution is -2.14. The second kappa shape index (κ2) is 2.67. The number of aliphatic hydroxyl groups is 1. The number of ether oxygens (including phenoxy) is 1. The zero-order chi connectivity index (χ0) is 6.85. The van der Waals surface area contributed by atoms with E-state index in [1.165, 1.54) is 0 Å². The Bertz CT molecular complexity index is 92.9. The summed E-state index contributed by atoms with van der Waals surface area (Å²) in [6, 6.07) is 0. The molecule has 0 aliphatic carbocycles. The molecule has 1 aliphatic rings. The number of hydrogen-bond acceptors (Lipinski definition) is 2. The van der Waals surface area contributed by atoms with Gasteiger partial charge in [0.1, 0.15) is 0 Å². The van der Waals surface area contributed by atoms with Gasteiger partial charge >= 0.3 is 0 Å². The maximum atomic E-state index is 8.77. The average molecular weight is 130 g/mol. The first-order valence-electron chi connectivity index (χ1n) is 3.50. The van der Waals surface area contributed by atoms with Crippen molar-refractivity contribution in [3.8, 4) is 0 Å². The average Bonchev–Trinajstić information content (AvgIpc) is 2.10. The Labute approximate surface area is 55.8 Å². The largest absolute Gasteiger partial charge is 0.396 e. The molecule has 0 spiro atoms. The monoisotopic (exact) mass is 130 g/mol. The molecule has 0 aromatic carbocycles. The van der Waals surface area contributed by atoms with Gasteiger partial charge in [0, 0.05) is 12.5 Å². The molecule has 0 saturated carbocycles. The SMILES string of the molecule is C[C@@H]1C[C@@H](CO)[C@H](C)O1. The summed E-state index contributed by atoms with van der Waals surface area (Å²) in [6.07, 6.45) is 1.61. The molecule has 0 bridgehead atoms. The van der Waals surface area contributed by atoms with Crippen LogP contribution in [0.25, 0.3) is 0 Å². The molecular formula is C7H14O2. The van der Waals surface area contributed by atoms with Crippen molar-refractivity contribution in [3.05, 3.63) is 0 Å². The highest BCUT2D eigenvalue weighted by Crippen LogP contribution is 2.24. The molecule has 0 radical (unpaired) electrons. The first kappa shape index (κ1) is 7.03. The van der Waals surface area contributed by atoms with Gasteiger partial charge in [-0.1, -0.05) is 0 Å². The zero-order valence-corrected chi connectivity index (χ0v) is 6.00. The van der Waals surface area contributed by atoms with Crippen LogP contribution in [-0.2, 0) is 4.74 Å². The van der Waals surface area contributed by atoms with Crippen molar-refractivity contribution in [2.75, 3.05) is 6.61 Å². The lowest BCUT2D eigenvalue weighted by molar-refractivity contribution is 0.0471. The molecule has 1 heterocycles. The number of rotatable bonds is 1. The molecule has 0 aromatic rings. The number of aliphatic hydroxyl groups excluding tert-OH is 1. The van der Waals surface area contributed by atoms with E-state index in [0.29, 0.717) is 12.0 Å². The quantitative estimate of drug-likeness (QED) is 0.568. The van der Waals surface area contributed by atoms with Crippen LogP contribution in [0.1, 0.15) is 20.3 Å². The van der Waals surface area contributed by atoms with Crippen LogP contribution < -0.4 is 0 Å². The van der Waals surface area contributed by atoms with E-state index in [0.717, 1.165) is 6.42 Å². The molecule has 2 heteroatoms. The fourth-order valence-electron chi connectivity index (χ4n) is 1.37. The molecule has 0 amide bonds. The van der Waals surface area contributed by atoms with Gasteiger partial charge in [-0.2, -0.15) is 0 Å². The topological polar surface area (TPSA) is 29.5 Å². The van der Waals surface area contributed by atoms with Gasteiger partial charge in [0.05, 0.1) is 12.2 Å². The molecule has 3 atom stereocenters. The van der Waals surface area contributed by atoms with E-state index in [2.05, 4.69) is 0 Å². The highest BCUT2D eigenvalue weighted by molar-refractivity contribution is 4.76. The number of hydrogen-bond donors (Lipinski definition) is 1. The van der Waals surface area contributed by atoms with Gasteiger partial charge in [-0.25, -0.2) is 0 Å². The molecule has 1 fully saturated rings. The third-order valence-electron chi connectivity index (χ3n) is 1.98. The predicted molar refractivity (Wildman–Crippen MR) is 35.2 cm³/mol. The van der Waals surface area contributed by atoms with Crippen molar-refractivity contribution in [2.24, 2.45) is 5.92 Å². The lowest BCUT2D eigenvalue weighted by atomic mass is 10.0. The summed E-state index contributed by atoms with van der Waals surface area (Å²) in [5.74, 6) is 0.375. The van der Waals surface area contributed by atoms with Gasteiger partial charge in [-0.15, -0.1) is 0 Å². The summed E-state index contributed by atoms with van der Waals surface area (Å²) in [4.78, 5) is 0. The minimum atomic E-state index is 0.255. The molecule has 1 aliphatic heterocycles. The summed E-state index contributed by atoms with van der Waals surface area (Å²) in [7, 11) is 0. The van der Waals surface area contributed by atoms with Gasteiger partial charge in [0.15, 0.2) is 0 Å². The Kier molecular flexibility index (Phi) is 2.09. The molecule has 1 rings (SSSR count). The van der Waals surface area contributed by atoms with Crippen LogP contribution in [0.3, 0.4) is 0 Å². The Hall–Kier alpha value is -0.0800. The van der Waals surface area contributed by atoms with E-state index >= 15 is 0 Å². The third-order valence-corrected chi connectivity index (χ3v) is 1.98. The predicted octanol–water partition coefficient (Wildman–Crippen LogP) is 0.792. The first-order chi connectivity index (χ1) is 4.24. The van der Waals surface area contributed by atoms with Crippen molar-refractivity contribution in [3.63, 3.8) is 0 Å². The maximum absolute atomic E-state index is 8.77. The van der Waals surface area contributed by atoms with Gasteiger partial charge in [-0.05, 0) is 20.3 Å². The van der Waals surface area contributed by atoms with Crippen LogP contribution in [0.4, 0.5) is 0 Å². The standard InChI is InChI=1S/C7H14O2/c1-5-3-7(4-8)6(2)9-5/h5-8H,3-4H2,1-2H3/t5-,6+,7+/m1/s1. The van der Waals surface area contributed by atoms with E-state index in [1.54, 1.807) is 0 Å². The molecule has 0 unspecified atom stereocenters. The van der Waals surface area contributed by atoms with Crippen LogP contribution >= 0.6 is 0 Å². The van der Waals surface area contributed by atoms with E-state index in [9.17, 15) is 0 Å². The fourth-order valence-corrected chi connectivity index (χ4v) is 1.37. The van der Waals surface area contributed by atoms with Gasteiger partial charge in [0.2, 0.25) is 0 Å². The van der Waals surface area contributed by atoms with Crippen molar-refractivity contribution in [1.82, 2.24) is 0 Å². The summed E-state index contributed by atoms with van der Waals surface area (Å²) in [6.45, 7) is 4.34. The highest BCUT2D eigenvalue weighted by atomic mass is 16.5. The molecule has 1 saturated heterocycles. The second-order valence-electron chi connectivity index (χ2n) is 2.83. The molecular weight excluding hydrogens is 116 g/mol.